The lowest BCUT2D eigenvalue weighted by atomic mass is 9.93. The van der Waals surface area contributed by atoms with E-state index in [1.807, 2.05) is 17.0 Å². The zero-order valence-corrected chi connectivity index (χ0v) is 15.7. The Morgan fingerprint density at radius 2 is 1.96 bits per heavy atom. The van der Waals surface area contributed by atoms with Crippen LogP contribution in [0.1, 0.15) is 36.4 Å². The molecule has 2 fully saturated rings. The fourth-order valence-electron chi connectivity index (χ4n) is 4.15. The molecule has 3 heterocycles. The molecule has 0 saturated carbocycles. The van der Waals surface area contributed by atoms with Crippen molar-refractivity contribution in [2.45, 2.75) is 37.8 Å². The summed E-state index contributed by atoms with van der Waals surface area (Å²) in [6.45, 7) is 5.02. The number of nitrogens with zero attached hydrogens (tertiary/aromatic N) is 3. The van der Waals surface area contributed by atoms with Crippen LogP contribution in [0, 0.1) is 0 Å². The van der Waals surface area contributed by atoms with E-state index in [9.17, 15) is 4.79 Å². The maximum Gasteiger partial charge on any atom is 0.225 e. The highest BCUT2D eigenvalue weighted by Crippen LogP contribution is 2.27. The molecule has 0 radical (unpaired) electrons. The third-order valence-electron chi connectivity index (χ3n) is 5.68. The Labute approximate surface area is 160 Å². The fourth-order valence-corrected chi connectivity index (χ4v) is 4.15. The standard InChI is InChI=1S/C21H28N4O2/c26-21(25-10-7-18(8-11-25)20-6-9-22-23-20)14-19-16-24(12-13-27-19)15-17-4-2-1-3-5-17/h1-6,9,18-19H,7-8,10-16H2,(H,22,23). The lowest BCUT2D eigenvalue weighted by molar-refractivity contribution is -0.137. The van der Waals surface area contributed by atoms with Crippen molar-refractivity contribution < 1.29 is 9.53 Å². The third-order valence-corrected chi connectivity index (χ3v) is 5.68. The molecular formula is C21H28N4O2. The molecular weight excluding hydrogens is 340 g/mol. The Balaban J connectivity index is 1.24. The molecule has 1 amide bonds. The smallest absolute Gasteiger partial charge is 0.225 e. The molecule has 1 aromatic heterocycles. The number of hydrogen-bond acceptors (Lipinski definition) is 4. The number of hydrogen-bond donors (Lipinski definition) is 1. The summed E-state index contributed by atoms with van der Waals surface area (Å²) >= 11 is 0. The number of piperidine rings is 1. The number of aromatic nitrogens is 2. The van der Waals surface area contributed by atoms with Gasteiger partial charge in [0.15, 0.2) is 0 Å². The third kappa shape index (κ3) is 4.76. The fraction of sp³-hybridized carbons (Fsp3) is 0.524. The highest BCUT2D eigenvalue weighted by atomic mass is 16.5. The first kappa shape index (κ1) is 18.2. The molecule has 2 saturated heterocycles. The molecule has 2 aliphatic rings. The van der Waals surface area contributed by atoms with Crippen molar-refractivity contribution in [3.63, 3.8) is 0 Å². The predicted octanol–water partition coefficient (Wildman–Crippen LogP) is 2.41. The van der Waals surface area contributed by atoms with Gasteiger partial charge in [0, 0.05) is 50.5 Å². The Morgan fingerprint density at radius 3 is 2.70 bits per heavy atom. The number of benzene rings is 1. The molecule has 4 rings (SSSR count). The highest BCUT2D eigenvalue weighted by Gasteiger charge is 2.28. The quantitative estimate of drug-likeness (QED) is 0.880. The molecule has 6 nitrogen and oxygen atoms in total. The number of H-pyrrole nitrogens is 1. The van der Waals surface area contributed by atoms with Crippen LogP contribution in [0.5, 0.6) is 0 Å². The second-order valence-corrected chi connectivity index (χ2v) is 7.58. The van der Waals surface area contributed by atoms with Gasteiger partial charge in [0.25, 0.3) is 0 Å². The SMILES string of the molecule is O=C(CC1CN(Cc2ccccc2)CCO1)N1CCC(c2ccn[nH]2)CC1. The summed E-state index contributed by atoms with van der Waals surface area (Å²) in [7, 11) is 0. The van der Waals surface area contributed by atoms with Gasteiger partial charge in [-0.3, -0.25) is 14.8 Å². The summed E-state index contributed by atoms with van der Waals surface area (Å²) in [5.74, 6) is 0.716. The van der Waals surface area contributed by atoms with Crippen molar-refractivity contribution in [1.82, 2.24) is 20.0 Å². The highest BCUT2D eigenvalue weighted by molar-refractivity contribution is 5.76. The van der Waals surface area contributed by atoms with Crippen LogP contribution in [-0.4, -0.2) is 64.8 Å². The number of morpholine rings is 1. The van der Waals surface area contributed by atoms with E-state index in [0.29, 0.717) is 18.9 Å². The van der Waals surface area contributed by atoms with E-state index in [4.69, 9.17) is 4.74 Å². The molecule has 1 aromatic carbocycles. The van der Waals surface area contributed by atoms with Crippen molar-refractivity contribution in [3.8, 4) is 0 Å². The van der Waals surface area contributed by atoms with Gasteiger partial charge in [0.2, 0.25) is 5.91 Å². The van der Waals surface area contributed by atoms with Crippen LogP contribution in [0.25, 0.3) is 0 Å². The number of carbonyl (C=O) groups excluding carboxylic acids is 1. The van der Waals surface area contributed by atoms with E-state index in [0.717, 1.165) is 45.6 Å². The molecule has 0 spiro atoms. The summed E-state index contributed by atoms with van der Waals surface area (Å²) in [6.07, 6.45) is 4.29. The normalized spacial score (nSPS) is 22.1. The average molecular weight is 368 g/mol. The van der Waals surface area contributed by atoms with Gasteiger partial charge in [-0.05, 0) is 24.5 Å². The van der Waals surface area contributed by atoms with Crippen LogP contribution < -0.4 is 0 Å². The largest absolute Gasteiger partial charge is 0.375 e. The van der Waals surface area contributed by atoms with Crippen molar-refractivity contribution in [1.29, 1.82) is 0 Å². The van der Waals surface area contributed by atoms with E-state index < -0.39 is 0 Å². The van der Waals surface area contributed by atoms with Gasteiger partial charge in [-0.15, -0.1) is 0 Å². The second kappa shape index (κ2) is 8.67. The summed E-state index contributed by atoms with van der Waals surface area (Å²) < 4.78 is 5.88. The lowest BCUT2D eigenvalue weighted by Gasteiger charge is -2.35. The number of aromatic amines is 1. The Kier molecular flexibility index (Phi) is 5.84. The maximum atomic E-state index is 12.7. The van der Waals surface area contributed by atoms with Crippen molar-refractivity contribution in [2.75, 3.05) is 32.8 Å². The average Bonchev–Trinajstić information content (AvgIpc) is 3.24. The van der Waals surface area contributed by atoms with Crippen LogP contribution in [0.15, 0.2) is 42.6 Å². The summed E-state index contributed by atoms with van der Waals surface area (Å²) in [5, 5.41) is 7.10. The lowest BCUT2D eigenvalue weighted by Crippen LogP contribution is -2.45. The minimum Gasteiger partial charge on any atom is -0.375 e. The first-order valence-electron chi connectivity index (χ1n) is 9.93. The molecule has 2 aliphatic heterocycles. The monoisotopic (exact) mass is 368 g/mol. The molecule has 6 heteroatoms. The first-order chi connectivity index (χ1) is 13.3. The predicted molar refractivity (Wildman–Crippen MR) is 103 cm³/mol. The Bertz CT molecular complexity index is 711. The Morgan fingerprint density at radius 1 is 1.15 bits per heavy atom. The van der Waals surface area contributed by atoms with E-state index in [2.05, 4.69) is 39.4 Å². The van der Waals surface area contributed by atoms with E-state index in [1.54, 1.807) is 6.20 Å². The topological polar surface area (TPSA) is 61.5 Å². The van der Waals surface area contributed by atoms with Gasteiger partial charge >= 0.3 is 0 Å². The van der Waals surface area contributed by atoms with Crippen LogP contribution in [0.4, 0.5) is 0 Å². The minimum absolute atomic E-state index is 0.000271. The molecule has 27 heavy (non-hydrogen) atoms. The number of rotatable bonds is 5. The van der Waals surface area contributed by atoms with Crippen molar-refractivity contribution in [3.05, 3.63) is 53.9 Å². The summed E-state index contributed by atoms with van der Waals surface area (Å²) in [5.41, 5.74) is 2.50. The molecule has 0 aliphatic carbocycles. The van der Waals surface area contributed by atoms with Gasteiger partial charge in [-0.1, -0.05) is 30.3 Å². The van der Waals surface area contributed by atoms with Crippen LogP contribution >= 0.6 is 0 Å². The minimum atomic E-state index is 0.000271. The van der Waals surface area contributed by atoms with Crippen molar-refractivity contribution in [2.24, 2.45) is 0 Å². The van der Waals surface area contributed by atoms with Crippen LogP contribution in [-0.2, 0) is 16.1 Å². The Hall–Kier alpha value is -2.18. The maximum absolute atomic E-state index is 12.7. The van der Waals surface area contributed by atoms with E-state index in [-0.39, 0.29) is 12.0 Å². The first-order valence-corrected chi connectivity index (χ1v) is 9.93. The summed E-state index contributed by atoms with van der Waals surface area (Å²) in [6, 6.07) is 12.5. The van der Waals surface area contributed by atoms with Crippen LogP contribution in [0.3, 0.4) is 0 Å². The molecule has 144 valence electrons. The zero-order valence-electron chi connectivity index (χ0n) is 15.7. The molecule has 0 bridgehead atoms. The number of carbonyl (C=O) groups is 1. The number of likely N-dealkylation sites (tertiary alicyclic amines) is 1. The van der Waals surface area contributed by atoms with E-state index in [1.165, 1.54) is 11.3 Å². The van der Waals surface area contributed by atoms with Gasteiger partial charge in [-0.2, -0.15) is 5.10 Å². The number of amides is 1. The molecule has 1 unspecified atom stereocenters. The number of ether oxygens (including phenoxy) is 1. The van der Waals surface area contributed by atoms with Crippen molar-refractivity contribution >= 4 is 5.91 Å². The van der Waals surface area contributed by atoms with Gasteiger partial charge in [0.1, 0.15) is 0 Å². The molecule has 1 atom stereocenters. The second-order valence-electron chi connectivity index (χ2n) is 7.58. The summed E-state index contributed by atoms with van der Waals surface area (Å²) in [4.78, 5) is 17.1. The van der Waals surface area contributed by atoms with E-state index >= 15 is 0 Å². The van der Waals surface area contributed by atoms with Crippen LogP contribution in [0.2, 0.25) is 0 Å². The number of nitrogens with one attached hydrogen (secondary N) is 1. The van der Waals surface area contributed by atoms with Gasteiger partial charge in [-0.25, -0.2) is 0 Å². The zero-order chi connectivity index (χ0) is 18.5. The van der Waals surface area contributed by atoms with Gasteiger partial charge in [0.05, 0.1) is 19.1 Å². The van der Waals surface area contributed by atoms with Gasteiger partial charge < -0.3 is 9.64 Å². The molecule has 1 N–H and O–H groups in total. The molecule has 2 aromatic rings.